The summed E-state index contributed by atoms with van der Waals surface area (Å²) in [5, 5.41) is 0. The van der Waals surface area contributed by atoms with E-state index in [2.05, 4.69) is 25.5 Å². The van der Waals surface area contributed by atoms with Gasteiger partial charge in [-0.3, -0.25) is 0 Å². The van der Waals surface area contributed by atoms with Crippen LogP contribution >= 0.6 is 0 Å². The van der Waals surface area contributed by atoms with Crippen LogP contribution in [0.25, 0.3) is 0 Å². The molecule has 1 fully saturated rings. The maximum absolute atomic E-state index is 12.4. The van der Waals surface area contributed by atoms with Gasteiger partial charge in [-0.1, -0.05) is 32.9 Å². The molecule has 5 heteroatoms. The molecule has 0 spiro atoms. The van der Waals surface area contributed by atoms with Gasteiger partial charge in [-0.2, -0.15) is 0 Å². The summed E-state index contributed by atoms with van der Waals surface area (Å²) in [5.74, 6) is 0. The highest BCUT2D eigenvalue weighted by Crippen LogP contribution is 2.28. The van der Waals surface area contributed by atoms with Crippen LogP contribution in [0.5, 0.6) is 0 Å². The largest absolute Gasteiger partial charge is 0.326 e. The van der Waals surface area contributed by atoms with Crippen molar-refractivity contribution < 1.29 is 8.42 Å². The molecule has 0 amide bonds. The van der Waals surface area contributed by atoms with Gasteiger partial charge < -0.3 is 5.73 Å². The van der Waals surface area contributed by atoms with Gasteiger partial charge in [-0.05, 0) is 36.0 Å². The number of hydrogen-bond donors (Lipinski definition) is 2. The van der Waals surface area contributed by atoms with E-state index in [1.165, 1.54) is 0 Å². The molecule has 106 valence electrons. The third kappa shape index (κ3) is 3.16. The number of sulfonamides is 1. The number of nitrogens with two attached hydrogens (primary N) is 1. The predicted octanol–water partition coefficient (Wildman–Crippen LogP) is 1.67. The topological polar surface area (TPSA) is 72.2 Å². The molecule has 0 aliphatic heterocycles. The summed E-state index contributed by atoms with van der Waals surface area (Å²) in [5.41, 5.74) is 7.36. The first-order valence-electron chi connectivity index (χ1n) is 6.50. The highest BCUT2D eigenvalue weighted by atomic mass is 32.2. The van der Waals surface area contributed by atoms with Crippen molar-refractivity contribution in [2.45, 2.75) is 56.5 Å². The van der Waals surface area contributed by atoms with Gasteiger partial charge >= 0.3 is 0 Å². The molecule has 1 aliphatic carbocycles. The Morgan fingerprint density at radius 3 is 2.37 bits per heavy atom. The molecule has 1 aromatic carbocycles. The van der Waals surface area contributed by atoms with Crippen molar-refractivity contribution in [1.29, 1.82) is 0 Å². The summed E-state index contributed by atoms with van der Waals surface area (Å²) < 4.78 is 27.4. The van der Waals surface area contributed by atoms with Crippen LogP contribution in [0.3, 0.4) is 0 Å². The first kappa shape index (κ1) is 14.5. The lowest BCUT2D eigenvalue weighted by Crippen LogP contribution is -2.30. The molecule has 0 bridgehead atoms. The predicted molar refractivity (Wildman–Crippen MR) is 76.6 cm³/mol. The standard InChI is InChI=1S/C14H22N2O2S/c1-9-5-6-10(14(2,3)4)7-13(9)19(17,18)16-12-8-11(12)15/h5-7,11-12,16H,8,15H2,1-4H3. The van der Waals surface area contributed by atoms with Crippen molar-refractivity contribution in [3.8, 4) is 0 Å². The van der Waals surface area contributed by atoms with Gasteiger partial charge in [-0.15, -0.1) is 0 Å². The van der Waals surface area contributed by atoms with Crippen molar-refractivity contribution >= 4 is 10.0 Å². The molecule has 0 saturated heterocycles. The van der Waals surface area contributed by atoms with Gasteiger partial charge in [0, 0.05) is 12.1 Å². The van der Waals surface area contributed by atoms with Crippen molar-refractivity contribution in [1.82, 2.24) is 4.72 Å². The van der Waals surface area contributed by atoms with Crippen LogP contribution in [0.4, 0.5) is 0 Å². The Kier molecular flexibility index (Phi) is 3.49. The minimum absolute atomic E-state index is 0.0409. The molecule has 0 radical (unpaired) electrons. The number of aryl methyl sites for hydroxylation is 1. The van der Waals surface area contributed by atoms with Crippen LogP contribution in [0, 0.1) is 6.92 Å². The zero-order valence-electron chi connectivity index (χ0n) is 11.9. The third-order valence-electron chi connectivity index (χ3n) is 3.49. The van der Waals surface area contributed by atoms with E-state index in [4.69, 9.17) is 5.73 Å². The van der Waals surface area contributed by atoms with Gasteiger partial charge in [0.25, 0.3) is 0 Å². The number of nitrogens with one attached hydrogen (secondary N) is 1. The van der Waals surface area contributed by atoms with E-state index in [9.17, 15) is 8.42 Å². The maximum atomic E-state index is 12.4. The van der Waals surface area contributed by atoms with Crippen molar-refractivity contribution in [2.75, 3.05) is 0 Å². The highest BCUT2D eigenvalue weighted by molar-refractivity contribution is 7.89. The molecule has 3 N–H and O–H groups in total. The second-order valence-electron chi connectivity index (χ2n) is 6.36. The van der Waals surface area contributed by atoms with Crippen LogP contribution in [-0.4, -0.2) is 20.5 Å². The fourth-order valence-corrected chi connectivity index (χ4v) is 3.54. The minimum Gasteiger partial charge on any atom is -0.326 e. The smallest absolute Gasteiger partial charge is 0.241 e. The second kappa shape index (κ2) is 4.58. The Hall–Kier alpha value is -0.910. The Morgan fingerprint density at radius 1 is 1.32 bits per heavy atom. The molecule has 19 heavy (non-hydrogen) atoms. The summed E-state index contributed by atoms with van der Waals surface area (Å²) in [6, 6.07) is 5.47. The van der Waals surface area contributed by atoms with E-state index in [0.717, 1.165) is 17.5 Å². The Balaban J connectivity index is 2.38. The summed E-state index contributed by atoms with van der Waals surface area (Å²) in [6.07, 6.45) is 0.719. The summed E-state index contributed by atoms with van der Waals surface area (Å²) in [7, 11) is -3.47. The zero-order valence-corrected chi connectivity index (χ0v) is 12.7. The lowest BCUT2D eigenvalue weighted by atomic mass is 9.87. The first-order chi connectivity index (χ1) is 8.61. The number of rotatable bonds is 3. The van der Waals surface area contributed by atoms with Gasteiger partial charge in [0.2, 0.25) is 10.0 Å². The average molecular weight is 282 g/mol. The molecule has 1 saturated carbocycles. The Morgan fingerprint density at radius 2 is 1.89 bits per heavy atom. The zero-order chi connectivity index (χ0) is 14.4. The van der Waals surface area contributed by atoms with E-state index in [1.54, 1.807) is 6.07 Å². The lowest BCUT2D eigenvalue weighted by Gasteiger charge is -2.21. The molecular formula is C14H22N2O2S. The van der Waals surface area contributed by atoms with E-state index in [0.29, 0.717) is 4.90 Å². The summed E-state index contributed by atoms with van der Waals surface area (Å²) in [4.78, 5) is 0.360. The normalized spacial score (nSPS) is 23.4. The van der Waals surface area contributed by atoms with Crippen LogP contribution < -0.4 is 10.5 Å². The molecule has 2 atom stereocenters. The van der Waals surface area contributed by atoms with Crippen LogP contribution in [-0.2, 0) is 15.4 Å². The van der Waals surface area contributed by atoms with Gasteiger partial charge in [-0.25, -0.2) is 13.1 Å². The molecule has 2 rings (SSSR count). The van der Waals surface area contributed by atoms with Crippen LogP contribution in [0.15, 0.2) is 23.1 Å². The molecule has 1 aromatic rings. The van der Waals surface area contributed by atoms with Gasteiger partial charge in [0.05, 0.1) is 4.90 Å². The number of benzene rings is 1. The molecule has 4 nitrogen and oxygen atoms in total. The van der Waals surface area contributed by atoms with Gasteiger partial charge in [0.15, 0.2) is 0 Å². The van der Waals surface area contributed by atoms with E-state index in [-0.39, 0.29) is 17.5 Å². The van der Waals surface area contributed by atoms with E-state index in [1.807, 2.05) is 19.1 Å². The fourth-order valence-electron chi connectivity index (χ4n) is 1.97. The monoisotopic (exact) mass is 282 g/mol. The Bertz CT molecular complexity index is 588. The summed E-state index contributed by atoms with van der Waals surface area (Å²) in [6.45, 7) is 8.02. The highest BCUT2D eigenvalue weighted by Gasteiger charge is 2.37. The molecule has 0 heterocycles. The second-order valence-corrected chi connectivity index (χ2v) is 8.04. The fraction of sp³-hybridized carbons (Fsp3) is 0.571. The molecule has 1 aliphatic rings. The first-order valence-corrected chi connectivity index (χ1v) is 7.98. The van der Waals surface area contributed by atoms with Gasteiger partial charge in [0.1, 0.15) is 0 Å². The molecule has 0 aromatic heterocycles. The Labute approximate surface area is 115 Å². The van der Waals surface area contributed by atoms with E-state index >= 15 is 0 Å². The van der Waals surface area contributed by atoms with Crippen LogP contribution in [0.2, 0.25) is 0 Å². The van der Waals surface area contributed by atoms with Crippen molar-refractivity contribution in [2.24, 2.45) is 5.73 Å². The third-order valence-corrected chi connectivity index (χ3v) is 5.12. The molecule has 2 unspecified atom stereocenters. The summed E-state index contributed by atoms with van der Waals surface area (Å²) >= 11 is 0. The molecular weight excluding hydrogens is 260 g/mol. The maximum Gasteiger partial charge on any atom is 0.241 e. The average Bonchev–Trinajstić information content (AvgIpc) is 2.91. The van der Waals surface area contributed by atoms with E-state index < -0.39 is 10.0 Å². The quantitative estimate of drug-likeness (QED) is 0.886. The van der Waals surface area contributed by atoms with Crippen LogP contribution in [0.1, 0.15) is 38.3 Å². The lowest BCUT2D eigenvalue weighted by molar-refractivity contribution is 0.574. The minimum atomic E-state index is -3.47. The SMILES string of the molecule is Cc1ccc(C(C)(C)C)cc1S(=O)(=O)NC1CC1N. The number of hydrogen-bond acceptors (Lipinski definition) is 3. The van der Waals surface area contributed by atoms with Crippen molar-refractivity contribution in [3.63, 3.8) is 0 Å². The van der Waals surface area contributed by atoms with Crippen molar-refractivity contribution in [3.05, 3.63) is 29.3 Å².